The van der Waals surface area contributed by atoms with Crippen molar-refractivity contribution in [2.45, 2.75) is 6.42 Å². The highest BCUT2D eigenvalue weighted by atomic mass is 35.5. The Bertz CT molecular complexity index is 935. The summed E-state index contributed by atoms with van der Waals surface area (Å²) in [5.74, 6) is 0.960. The molecule has 2 aromatic rings. The molecule has 7 heteroatoms. The third kappa shape index (κ3) is 4.60. The highest BCUT2D eigenvalue weighted by Gasteiger charge is 2.26. The van der Waals surface area contributed by atoms with Crippen molar-refractivity contribution in [2.75, 3.05) is 40.4 Å². The largest absolute Gasteiger partial charge is 0.493 e. The van der Waals surface area contributed by atoms with Crippen LogP contribution in [0.3, 0.4) is 0 Å². The maximum atomic E-state index is 13.1. The number of ether oxygens (including phenoxy) is 2. The van der Waals surface area contributed by atoms with E-state index in [2.05, 4.69) is 6.58 Å². The van der Waals surface area contributed by atoms with Crippen LogP contribution < -0.4 is 9.47 Å². The van der Waals surface area contributed by atoms with Crippen molar-refractivity contribution in [3.63, 3.8) is 0 Å². The van der Waals surface area contributed by atoms with E-state index in [1.54, 1.807) is 60.4 Å². The van der Waals surface area contributed by atoms with E-state index in [-0.39, 0.29) is 11.8 Å². The quantitative estimate of drug-likeness (QED) is 0.658. The molecular weight excluding hydrogens is 404 g/mol. The summed E-state index contributed by atoms with van der Waals surface area (Å²) in [5, 5.41) is 0.590. The molecule has 1 fully saturated rings. The molecule has 1 aliphatic heterocycles. The first-order chi connectivity index (χ1) is 14.5. The Labute approximate surface area is 181 Å². The van der Waals surface area contributed by atoms with Gasteiger partial charge < -0.3 is 19.3 Å². The molecule has 2 amide bonds. The number of hydrogen-bond acceptors (Lipinski definition) is 4. The normalized spacial score (nSPS) is 13.7. The SMILES string of the molecule is C=CCc1cc(C(=O)N2CCN(C(=O)c3ccc(Cl)cc3)CC2)cc(OC)c1OC. The smallest absolute Gasteiger partial charge is 0.254 e. The van der Waals surface area contributed by atoms with Gasteiger partial charge in [-0.1, -0.05) is 17.7 Å². The molecule has 0 aromatic heterocycles. The van der Waals surface area contributed by atoms with Crippen molar-refractivity contribution in [2.24, 2.45) is 0 Å². The minimum atomic E-state index is -0.0974. The van der Waals surface area contributed by atoms with E-state index in [4.69, 9.17) is 21.1 Å². The predicted molar refractivity (Wildman–Crippen MR) is 117 cm³/mol. The summed E-state index contributed by atoms with van der Waals surface area (Å²) in [7, 11) is 3.12. The Morgan fingerprint density at radius 3 is 2.03 bits per heavy atom. The second-order valence-corrected chi connectivity index (χ2v) is 7.39. The molecule has 0 spiro atoms. The van der Waals surface area contributed by atoms with Crippen molar-refractivity contribution >= 4 is 23.4 Å². The molecule has 2 aromatic carbocycles. The zero-order chi connectivity index (χ0) is 21.7. The highest BCUT2D eigenvalue weighted by molar-refractivity contribution is 6.30. The van der Waals surface area contributed by atoms with Gasteiger partial charge in [0.05, 0.1) is 14.2 Å². The van der Waals surface area contributed by atoms with Crippen LogP contribution in [0.15, 0.2) is 49.1 Å². The standard InChI is InChI=1S/C23H25ClN2O4/c1-4-5-17-14-18(15-20(29-2)21(17)30-3)23(28)26-12-10-25(11-13-26)22(27)16-6-8-19(24)9-7-16/h4,6-9,14-15H,1,5,10-13H2,2-3H3. The maximum absolute atomic E-state index is 13.1. The number of piperazine rings is 1. The van der Waals surface area contributed by atoms with Crippen molar-refractivity contribution < 1.29 is 19.1 Å². The monoisotopic (exact) mass is 428 g/mol. The van der Waals surface area contributed by atoms with Crippen molar-refractivity contribution in [1.82, 2.24) is 9.80 Å². The zero-order valence-electron chi connectivity index (χ0n) is 17.2. The zero-order valence-corrected chi connectivity index (χ0v) is 17.9. The van der Waals surface area contributed by atoms with Crippen LogP contribution in [0.25, 0.3) is 0 Å². The van der Waals surface area contributed by atoms with E-state index in [1.165, 1.54) is 0 Å². The minimum absolute atomic E-state index is 0.0573. The van der Waals surface area contributed by atoms with Gasteiger partial charge in [0.15, 0.2) is 11.5 Å². The van der Waals surface area contributed by atoms with Crippen LogP contribution in [-0.4, -0.2) is 62.0 Å². The molecule has 0 aliphatic carbocycles. The van der Waals surface area contributed by atoms with Crippen molar-refractivity contribution in [3.8, 4) is 11.5 Å². The van der Waals surface area contributed by atoms with E-state index >= 15 is 0 Å². The van der Waals surface area contributed by atoms with E-state index in [9.17, 15) is 9.59 Å². The molecule has 0 bridgehead atoms. The summed E-state index contributed by atoms with van der Waals surface area (Å²) in [5.41, 5.74) is 1.96. The summed E-state index contributed by atoms with van der Waals surface area (Å²) in [4.78, 5) is 29.3. The Balaban J connectivity index is 1.72. The first-order valence-electron chi connectivity index (χ1n) is 9.68. The molecule has 6 nitrogen and oxygen atoms in total. The van der Waals surface area contributed by atoms with Gasteiger partial charge >= 0.3 is 0 Å². The van der Waals surface area contributed by atoms with E-state index in [1.807, 2.05) is 6.07 Å². The predicted octanol–water partition coefficient (Wildman–Crippen LogP) is 3.68. The van der Waals surface area contributed by atoms with Gasteiger partial charge in [0.2, 0.25) is 0 Å². The Hall–Kier alpha value is -2.99. The topological polar surface area (TPSA) is 59.1 Å². The lowest BCUT2D eigenvalue weighted by atomic mass is 10.0. The second-order valence-electron chi connectivity index (χ2n) is 6.95. The minimum Gasteiger partial charge on any atom is -0.493 e. The van der Waals surface area contributed by atoms with Crippen LogP contribution in [0.2, 0.25) is 5.02 Å². The van der Waals surface area contributed by atoms with E-state index in [0.29, 0.717) is 60.2 Å². The lowest BCUT2D eigenvalue weighted by molar-refractivity contribution is 0.0535. The number of carbonyl (C=O) groups excluding carboxylic acids is 2. The van der Waals surface area contributed by atoms with Crippen LogP contribution in [0.4, 0.5) is 0 Å². The second kappa shape index (κ2) is 9.67. The number of allylic oxidation sites excluding steroid dienone is 1. The lowest BCUT2D eigenvalue weighted by Gasteiger charge is -2.35. The average molecular weight is 429 g/mol. The Kier molecular flexibility index (Phi) is 7.00. The summed E-state index contributed by atoms with van der Waals surface area (Å²) in [6.45, 7) is 5.64. The fraction of sp³-hybridized carbons (Fsp3) is 0.304. The van der Waals surface area contributed by atoms with Crippen LogP contribution >= 0.6 is 11.6 Å². The molecular formula is C23H25ClN2O4. The van der Waals surface area contributed by atoms with Crippen LogP contribution in [0.5, 0.6) is 11.5 Å². The molecule has 0 unspecified atom stereocenters. The van der Waals surface area contributed by atoms with Gasteiger partial charge in [-0.2, -0.15) is 0 Å². The first-order valence-corrected chi connectivity index (χ1v) is 10.1. The number of methoxy groups -OCH3 is 2. The van der Waals surface area contributed by atoms with Gasteiger partial charge in [-0.15, -0.1) is 6.58 Å². The average Bonchev–Trinajstić information content (AvgIpc) is 2.78. The van der Waals surface area contributed by atoms with Crippen LogP contribution in [-0.2, 0) is 6.42 Å². The summed E-state index contributed by atoms with van der Waals surface area (Å²) >= 11 is 5.89. The molecule has 30 heavy (non-hydrogen) atoms. The number of nitrogens with zero attached hydrogens (tertiary/aromatic N) is 2. The number of halogens is 1. The van der Waals surface area contributed by atoms with E-state index in [0.717, 1.165) is 5.56 Å². The summed E-state index contributed by atoms with van der Waals surface area (Å²) in [6, 6.07) is 10.3. The van der Waals surface area contributed by atoms with Gasteiger partial charge in [0, 0.05) is 47.9 Å². The first kappa shape index (κ1) is 21.7. The summed E-state index contributed by atoms with van der Waals surface area (Å²) < 4.78 is 10.9. The van der Waals surface area contributed by atoms with Gasteiger partial charge in [0.1, 0.15) is 0 Å². The van der Waals surface area contributed by atoms with E-state index < -0.39 is 0 Å². The molecule has 1 aliphatic rings. The van der Waals surface area contributed by atoms with Gasteiger partial charge in [0.25, 0.3) is 11.8 Å². The number of amides is 2. The molecule has 0 atom stereocenters. The summed E-state index contributed by atoms with van der Waals surface area (Å²) in [6.07, 6.45) is 2.32. The van der Waals surface area contributed by atoms with Crippen LogP contribution in [0.1, 0.15) is 26.3 Å². The lowest BCUT2D eigenvalue weighted by Crippen LogP contribution is -2.50. The number of carbonyl (C=O) groups is 2. The number of benzene rings is 2. The molecule has 0 saturated carbocycles. The van der Waals surface area contributed by atoms with Gasteiger partial charge in [-0.3, -0.25) is 9.59 Å². The third-order valence-electron chi connectivity index (χ3n) is 5.11. The Morgan fingerprint density at radius 1 is 0.967 bits per heavy atom. The molecule has 1 saturated heterocycles. The van der Waals surface area contributed by atoms with Crippen molar-refractivity contribution in [1.29, 1.82) is 0 Å². The molecule has 0 radical (unpaired) electrons. The molecule has 1 heterocycles. The molecule has 158 valence electrons. The Morgan fingerprint density at radius 2 is 1.53 bits per heavy atom. The fourth-order valence-corrected chi connectivity index (χ4v) is 3.67. The molecule has 0 N–H and O–H groups in total. The number of hydrogen-bond donors (Lipinski definition) is 0. The van der Waals surface area contributed by atoms with Crippen LogP contribution in [0, 0.1) is 0 Å². The highest BCUT2D eigenvalue weighted by Crippen LogP contribution is 2.33. The fourth-order valence-electron chi connectivity index (χ4n) is 3.54. The molecule has 3 rings (SSSR count). The van der Waals surface area contributed by atoms with Crippen molar-refractivity contribution in [3.05, 3.63) is 70.8 Å². The third-order valence-corrected chi connectivity index (χ3v) is 5.36. The maximum Gasteiger partial charge on any atom is 0.254 e. The van der Waals surface area contributed by atoms with Gasteiger partial charge in [-0.25, -0.2) is 0 Å². The number of rotatable bonds is 6. The van der Waals surface area contributed by atoms with Gasteiger partial charge in [-0.05, 0) is 42.8 Å².